The Bertz CT molecular complexity index is 1310. The van der Waals surface area contributed by atoms with Crippen LogP contribution in [-0.4, -0.2) is 11.3 Å². The van der Waals surface area contributed by atoms with Gasteiger partial charge >= 0.3 is 0 Å². The van der Waals surface area contributed by atoms with Gasteiger partial charge in [-0.1, -0.05) is 24.3 Å². The van der Waals surface area contributed by atoms with E-state index in [1.165, 1.54) is 0 Å². The molecule has 2 aliphatic carbocycles. The summed E-state index contributed by atoms with van der Waals surface area (Å²) < 4.78 is 0. The van der Waals surface area contributed by atoms with Crippen LogP contribution in [0.1, 0.15) is 0 Å². The van der Waals surface area contributed by atoms with Crippen LogP contribution < -0.4 is 44.2 Å². The highest BCUT2D eigenvalue weighted by Crippen LogP contribution is 2.56. The molecule has 0 radical (unpaired) electrons. The van der Waals surface area contributed by atoms with Crippen LogP contribution in [0.25, 0.3) is 10.8 Å². The summed E-state index contributed by atoms with van der Waals surface area (Å²) in [6, 6.07) is 8.15. The van der Waals surface area contributed by atoms with E-state index in [4.69, 9.17) is 22.9 Å². The maximum Gasteiger partial charge on any atom is 0.169 e. The highest BCUT2D eigenvalue weighted by atomic mass is 15.3. The van der Waals surface area contributed by atoms with Gasteiger partial charge in [0.05, 0.1) is 45.5 Å². The Morgan fingerprint density at radius 2 is 1.14 bits per heavy atom. The van der Waals surface area contributed by atoms with Gasteiger partial charge in [0.15, 0.2) is 11.3 Å². The van der Waals surface area contributed by atoms with Gasteiger partial charge in [-0.15, -0.1) is 0 Å². The van der Waals surface area contributed by atoms with E-state index in [-0.39, 0.29) is 0 Å². The van der Waals surface area contributed by atoms with Crippen molar-refractivity contribution in [2.24, 2.45) is 22.9 Å². The second kappa shape index (κ2) is 3.96. The molecular formula is C20H18N8. The van der Waals surface area contributed by atoms with Gasteiger partial charge in [-0.2, -0.15) is 0 Å². The lowest BCUT2D eigenvalue weighted by Gasteiger charge is -2.43. The fourth-order valence-corrected chi connectivity index (χ4v) is 4.98. The molecular weight excluding hydrogens is 352 g/mol. The average Bonchev–Trinajstić information content (AvgIpc) is 2.72. The maximum absolute atomic E-state index is 6.84. The largest absolute Gasteiger partial charge is 0.398 e. The standard InChI is InChI=1S/C20H18N8/c21-17-9-5-11-20(24)18(22)10(9)6-12-19(17,23)27-14-8-4-2-1-3-7(8)13(25-11)16(28-20)15(14)26-12/h1-6,25-28H,21-24H2. The molecule has 7 rings (SSSR count). The molecule has 2 unspecified atom stereocenters. The van der Waals surface area contributed by atoms with Crippen molar-refractivity contribution in [1.29, 1.82) is 0 Å². The first-order valence-corrected chi connectivity index (χ1v) is 9.14. The van der Waals surface area contributed by atoms with Gasteiger partial charge < -0.3 is 32.7 Å². The summed E-state index contributed by atoms with van der Waals surface area (Å²) in [5, 5.41) is 16.1. The van der Waals surface area contributed by atoms with E-state index in [0.717, 1.165) is 56.1 Å². The Kier molecular flexibility index (Phi) is 2.04. The van der Waals surface area contributed by atoms with E-state index in [0.29, 0.717) is 11.4 Å². The summed E-state index contributed by atoms with van der Waals surface area (Å²) >= 11 is 0. The van der Waals surface area contributed by atoms with Crippen LogP contribution in [-0.2, 0) is 0 Å². The summed E-state index contributed by atoms with van der Waals surface area (Å²) in [6.07, 6.45) is 3.90. The number of nitrogens with two attached hydrogens (primary N) is 4. The van der Waals surface area contributed by atoms with Crippen molar-refractivity contribution in [1.82, 2.24) is 0 Å². The van der Waals surface area contributed by atoms with E-state index >= 15 is 0 Å². The fourth-order valence-electron chi connectivity index (χ4n) is 4.98. The van der Waals surface area contributed by atoms with Gasteiger partial charge in [0.1, 0.15) is 0 Å². The van der Waals surface area contributed by atoms with Gasteiger partial charge in [-0.05, 0) is 12.2 Å². The zero-order valence-electron chi connectivity index (χ0n) is 14.8. The Labute approximate surface area is 160 Å². The second-order valence-corrected chi connectivity index (χ2v) is 7.93. The van der Waals surface area contributed by atoms with E-state index in [9.17, 15) is 0 Å². The van der Waals surface area contributed by atoms with Crippen molar-refractivity contribution in [3.63, 3.8) is 0 Å². The number of fused-ring (bicyclic) bond motifs is 3. The van der Waals surface area contributed by atoms with Crippen molar-refractivity contribution in [3.05, 3.63) is 70.4 Å². The summed E-state index contributed by atoms with van der Waals surface area (Å²) in [4.78, 5) is 0. The molecule has 12 N–H and O–H groups in total. The van der Waals surface area contributed by atoms with Crippen LogP contribution in [0, 0.1) is 0 Å². The number of hydrogen-bond donors (Lipinski definition) is 8. The summed E-state index contributed by atoms with van der Waals surface area (Å²) in [7, 11) is 0. The molecule has 0 spiro atoms. The third kappa shape index (κ3) is 1.28. The van der Waals surface area contributed by atoms with Crippen molar-refractivity contribution < 1.29 is 0 Å². The molecule has 0 fully saturated rings. The first-order valence-electron chi connectivity index (χ1n) is 9.14. The molecule has 0 amide bonds. The molecule has 8 nitrogen and oxygen atoms in total. The Balaban J connectivity index is 1.76. The van der Waals surface area contributed by atoms with E-state index in [1.54, 1.807) is 0 Å². The minimum Gasteiger partial charge on any atom is -0.398 e. The molecule has 0 aromatic heterocycles. The van der Waals surface area contributed by atoms with Crippen LogP contribution in [0.15, 0.2) is 70.4 Å². The zero-order chi connectivity index (χ0) is 19.0. The van der Waals surface area contributed by atoms with E-state index < -0.39 is 11.3 Å². The second-order valence-electron chi connectivity index (χ2n) is 7.93. The summed E-state index contributed by atoms with van der Waals surface area (Å²) in [6.45, 7) is 0. The first kappa shape index (κ1) is 14.4. The minimum absolute atomic E-state index is 0.500. The smallest absolute Gasteiger partial charge is 0.169 e. The SMILES string of the molecule is NC1=C2C=C3Nc4c5c6c7ccccc7c4NC3(N)C(N)=C2C=C(N6)C1(N)N5. The first-order chi connectivity index (χ1) is 13.4. The van der Waals surface area contributed by atoms with Crippen LogP contribution in [0.4, 0.5) is 22.7 Å². The Morgan fingerprint density at radius 3 is 1.75 bits per heavy atom. The molecule has 2 atom stereocenters. The van der Waals surface area contributed by atoms with Crippen LogP contribution in [0.3, 0.4) is 0 Å². The van der Waals surface area contributed by atoms with E-state index in [2.05, 4.69) is 33.4 Å². The van der Waals surface area contributed by atoms with Crippen LogP contribution >= 0.6 is 0 Å². The quantitative estimate of drug-likeness (QED) is 0.343. The van der Waals surface area contributed by atoms with Gasteiger partial charge in [0.2, 0.25) is 0 Å². The highest BCUT2D eigenvalue weighted by Gasteiger charge is 2.51. The lowest BCUT2D eigenvalue weighted by Crippen LogP contribution is -2.60. The van der Waals surface area contributed by atoms with Gasteiger partial charge in [-0.3, -0.25) is 11.5 Å². The predicted molar refractivity (Wildman–Crippen MR) is 111 cm³/mol. The maximum atomic E-state index is 6.84. The lowest BCUT2D eigenvalue weighted by atomic mass is 9.79. The third-order valence-corrected chi connectivity index (χ3v) is 6.53. The lowest BCUT2D eigenvalue weighted by molar-refractivity contribution is 0.618. The molecule has 0 saturated carbocycles. The summed E-state index contributed by atoms with van der Waals surface area (Å²) in [5.41, 5.74) is 32.3. The Morgan fingerprint density at radius 1 is 0.643 bits per heavy atom. The van der Waals surface area contributed by atoms with Gasteiger partial charge in [0.25, 0.3) is 0 Å². The average molecular weight is 370 g/mol. The number of allylic oxidation sites excluding steroid dienone is 4. The topological polar surface area (TPSA) is 152 Å². The van der Waals surface area contributed by atoms with Crippen molar-refractivity contribution >= 4 is 33.5 Å². The number of nitrogens with one attached hydrogen (secondary N) is 4. The summed E-state index contributed by atoms with van der Waals surface area (Å²) in [5.74, 6) is 0. The fraction of sp³-hybridized carbons (Fsp3) is 0.100. The molecule has 2 aromatic carbocycles. The molecule has 2 aromatic rings. The van der Waals surface area contributed by atoms with Gasteiger partial charge in [-0.25, -0.2) is 0 Å². The molecule has 8 heteroatoms. The molecule has 138 valence electrons. The van der Waals surface area contributed by atoms with E-state index in [1.807, 2.05) is 24.3 Å². The molecule has 3 heterocycles. The third-order valence-electron chi connectivity index (χ3n) is 6.53. The predicted octanol–water partition coefficient (Wildman–Crippen LogP) is 1.06. The van der Waals surface area contributed by atoms with Gasteiger partial charge in [0, 0.05) is 21.9 Å². The number of hydrogen-bond acceptors (Lipinski definition) is 8. The molecule has 3 aliphatic heterocycles. The molecule has 28 heavy (non-hydrogen) atoms. The van der Waals surface area contributed by atoms with Crippen molar-refractivity contribution in [2.75, 3.05) is 21.3 Å². The van der Waals surface area contributed by atoms with Crippen LogP contribution in [0.2, 0.25) is 0 Å². The van der Waals surface area contributed by atoms with Crippen molar-refractivity contribution in [2.45, 2.75) is 11.3 Å². The van der Waals surface area contributed by atoms with Crippen molar-refractivity contribution in [3.8, 4) is 0 Å². The minimum atomic E-state index is -1.07. The molecule has 0 saturated heterocycles. The monoisotopic (exact) mass is 370 g/mol. The molecule has 5 aliphatic rings. The molecule has 5 bridgehead atoms. The zero-order valence-corrected chi connectivity index (χ0v) is 14.8. The number of rotatable bonds is 0. The Hall–Kier alpha value is -3.62. The van der Waals surface area contributed by atoms with Crippen LogP contribution in [0.5, 0.6) is 0 Å². The highest BCUT2D eigenvalue weighted by molar-refractivity contribution is 6.17. The normalized spacial score (nSPS) is 30.2. The number of benzene rings is 2. The number of anilines is 4.